The van der Waals surface area contributed by atoms with Gasteiger partial charge in [-0.05, 0) is 49.4 Å². The minimum Gasteiger partial charge on any atom is -0.475 e. The fourth-order valence-corrected chi connectivity index (χ4v) is 4.28. The number of aliphatic carboxylic acids is 1. The Kier molecular flexibility index (Phi) is 7.97. The summed E-state index contributed by atoms with van der Waals surface area (Å²) < 4.78 is 58.8. The Labute approximate surface area is 203 Å². The third kappa shape index (κ3) is 6.36. The third-order valence-corrected chi connectivity index (χ3v) is 6.23. The number of likely N-dealkylation sites (N-methyl/N-ethyl adjacent to an activating group) is 1. The zero-order valence-electron chi connectivity index (χ0n) is 19.3. The van der Waals surface area contributed by atoms with Crippen molar-refractivity contribution in [2.45, 2.75) is 24.6 Å². The quantitative estimate of drug-likeness (QED) is 0.639. The molecule has 1 unspecified atom stereocenters. The van der Waals surface area contributed by atoms with Gasteiger partial charge in [-0.15, -0.1) is 0 Å². The van der Waals surface area contributed by atoms with Gasteiger partial charge in [0.15, 0.2) is 0 Å². The predicted molar refractivity (Wildman–Crippen MR) is 119 cm³/mol. The number of anilines is 1. The van der Waals surface area contributed by atoms with Crippen LogP contribution < -0.4 is 4.90 Å². The van der Waals surface area contributed by atoms with Gasteiger partial charge in [0.25, 0.3) is 0 Å². The molecule has 2 aliphatic heterocycles. The maximum atomic E-state index is 13.7. The van der Waals surface area contributed by atoms with Gasteiger partial charge in [0.1, 0.15) is 11.6 Å². The molecule has 4 rings (SSSR count). The number of nitrogens with zero attached hydrogens (tertiary/aromatic N) is 3. The number of carbonyl (C=O) groups excluding carboxylic acids is 2. The molecule has 1 spiro atoms. The first kappa shape index (κ1) is 27.1. The SMILES string of the molecule is CN1CC(=O)N(c2cccc(F)c2)CC12CCN(C(=O)Cc1cccc(F)c1)C2.O=C(O)C(F)(F)F. The Morgan fingerprint density at radius 2 is 1.64 bits per heavy atom. The molecule has 12 heteroatoms. The number of piperazine rings is 1. The first-order valence-electron chi connectivity index (χ1n) is 10.9. The van der Waals surface area contributed by atoms with E-state index in [0.29, 0.717) is 30.9 Å². The van der Waals surface area contributed by atoms with Crippen molar-refractivity contribution in [1.29, 1.82) is 0 Å². The number of hydrogen-bond acceptors (Lipinski definition) is 4. The van der Waals surface area contributed by atoms with Crippen LogP contribution in [0.15, 0.2) is 48.5 Å². The number of carboxylic acids is 1. The topological polar surface area (TPSA) is 81.2 Å². The summed E-state index contributed by atoms with van der Waals surface area (Å²) in [6, 6.07) is 12.1. The smallest absolute Gasteiger partial charge is 0.475 e. The zero-order chi connectivity index (χ0) is 26.7. The Morgan fingerprint density at radius 3 is 2.22 bits per heavy atom. The normalized spacial score (nSPS) is 20.3. The van der Waals surface area contributed by atoms with Gasteiger partial charge in [-0.25, -0.2) is 13.6 Å². The van der Waals surface area contributed by atoms with Gasteiger partial charge in [0.2, 0.25) is 11.8 Å². The second kappa shape index (κ2) is 10.6. The molecule has 1 atom stereocenters. The molecule has 2 fully saturated rings. The minimum absolute atomic E-state index is 0.0601. The highest BCUT2D eigenvalue weighted by Crippen LogP contribution is 2.34. The number of benzene rings is 2. The van der Waals surface area contributed by atoms with Crippen LogP contribution in [0, 0.1) is 11.6 Å². The van der Waals surface area contributed by atoms with E-state index in [1.54, 1.807) is 34.1 Å². The van der Waals surface area contributed by atoms with Crippen molar-refractivity contribution >= 4 is 23.5 Å². The lowest BCUT2D eigenvalue weighted by molar-refractivity contribution is -0.192. The van der Waals surface area contributed by atoms with Crippen molar-refractivity contribution in [3.05, 3.63) is 65.7 Å². The number of likely N-dealkylation sites (tertiary alicyclic amines) is 1. The fourth-order valence-electron chi connectivity index (χ4n) is 4.28. The summed E-state index contributed by atoms with van der Waals surface area (Å²) in [4.78, 5) is 39.7. The fraction of sp³-hybridized carbons (Fsp3) is 0.375. The maximum Gasteiger partial charge on any atom is 0.490 e. The number of carbonyl (C=O) groups is 3. The monoisotopic (exact) mass is 513 g/mol. The Morgan fingerprint density at radius 1 is 1.03 bits per heavy atom. The van der Waals surface area contributed by atoms with E-state index >= 15 is 0 Å². The van der Waals surface area contributed by atoms with E-state index < -0.39 is 12.1 Å². The van der Waals surface area contributed by atoms with Crippen molar-refractivity contribution in [2.75, 3.05) is 38.1 Å². The van der Waals surface area contributed by atoms with Gasteiger partial charge in [0.05, 0.1) is 18.5 Å². The highest BCUT2D eigenvalue weighted by atomic mass is 19.4. The maximum absolute atomic E-state index is 13.7. The number of amides is 2. The van der Waals surface area contributed by atoms with Crippen LogP contribution in [0.4, 0.5) is 27.6 Å². The number of halogens is 5. The molecule has 2 amide bonds. The summed E-state index contributed by atoms with van der Waals surface area (Å²) in [6.45, 7) is 1.67. The van der Waals surface area contributed by atoms with E-state index in [2.05, 4.69) is 0 Å². The first-order chi connectivity index (χ1) is 16.8. The van der Waals surface area contributed by atoms with Crippen LogP contribution in [0.3, 0.4) is 0 Å². The highest BCUT2D eigenvalue weighted by Gasteiger charge is 2.48. The molecule has 7 nitrogen and oxygen atoms in total. The summed E-state index contributed by atoms with van der Waals surface area (Å²) in [5.41, 5.74) is 0.800. The van der Waals surface area contributed by atoms with E-state index in [0.717, 1.165) is 6.42 Å². The molecule has 0 saturated carbocycles. The second-order valence-corrected chi connectivity index (χ2v) is 8.72. The molecular formula is C24H24F5N3O4. The molecule has 2 saturated heterocycles. The number of rotatable bonds is 3. The van der Waals surface area contributed by atoms with Crippen LogP contribution in [-0.2, 0) is 20.8 Å². The molecule has 2 aliphatic rings. The molecule has 194 valence electrons. The van der Waals surface area contributed by atoms with Gasteiger partial charge >= 0.3 is 12.1 Å². The van der Waals surface area contributed by atoms with Gasteiger partial charge in [-0.2, -0.15) is 13.2 Å². The van der Waals surface area contributed by atoms with Crippen molar-refractivity contribution in [3.63, 3.8) is 0 Å². The summed E-state index contributed by atoms with van der Waals surface area (Å²) >= 11 is 0. The van der Waals surface area contributed by atoms with Crippen LogP contribution in [0.1, 0.15) is 12.0 Å². The molecule has 0 bridgehead atoms. The van der Waals surface area contributed by atoms with Crippen molar-refractivity contribution in [1.82, 2.24) is 9.80 Å². The number of hydrogen-bond donors (Lipinski definition) is 1. The third-order valence-electron chi connectivity index (χ3n) is 6.23. The molecular weight excluding hydrogens is 489 g/mol. The van der Waals surface area contributed by atoms with E-state index in [1.807, 2.05) is 11.9 Å². The van der Waals surface area contributed by atoms with Crippen LogP contribution in [-0.4, -0.2) is 77.6 Å². The summed E-state index contributed by atoms with van der Waals surface area (Å²) in [5, 5.41) is 7.12. The lowest BCUT2D eigenvalue weighted by Crippen LogP contribution is -2.64. The van der Waals surface area contributed by atoms with E-state index in [9.17, 15) is 31.5 Å². The van der Waals surface area contributed by atoms with Crippen LogP contribution in [0.25, 0.3) is 0 Å². The summed E-state index contributed by atoms with van der Waals surface area (Å²) in [7, 11) is 1.89. The van der Waals surface area contributed by atoms with Crippen LogP contribution >= 0.6 is 0 Å². The van der Waals surface area contributed by atoms with E-state index in [4.69, 9.17) is 9.90 Å². The Balaban J connectivity index is 0.000000454. The molecule has 0 radical (unpaired) electrons. The van der Waals surface area contributed by atoms with Crippen LogP contribution in [0.2, 0.25) is 0 Å². The molecule has 1 N–H and O–H groups in total. The average molecular weight is 513 g/mol. The van der Waals surface area contributed by atoms with Crippen molar-refractivity contribution in [3.8, 4) is 0 Å². The van der Waals surface area contributed by atoms with E-state index in [-0.39, 0.29) is 42.0 Å². The average Bonchev–Trinajstić information content (AvgIpc) is 3.22. The zero-order valence-corrected chi connectivity index (χ0v) is 19.3. The first-order valence-corrected chi connectivity index (χ1v) is 10.9. The largest absolute Gasteiger partial charge is 0.490 e. The van der Waals surface area contributed by atoms with Gasteiger partial charge in [-0.1, -0.05) is 18.2 Å². The lowest BCUT2D eigenvalue weighted by Gasteiger charge is -2.46. The standard InChI is InChI=1S/C22H23F2N3O2.C2HF3O2/c1-25-13-21(29)27(19-7-3-6-18(24)12-19)15-22(25)8-9-26(14-22)20(28)11-16-4-2-5-17(23)10-16;3-2(4,5)1(6)7/h2-7,10,12H,8-9,11,13-15H2,1H3;(H,6,7). The van der Waals surface area contributed by atoms with E-state index in [1.165, 1.54) is 24.3 Å². The minimum atomic E-state index is -5.08. The van der Waals surface area contributed by atoms with Crippen molar-refractivity contribution < 1.29 is 41.4 Å². The number of alkyl halides is 3. The van der Waals surface area contributed by atoms with Crippen LogP contribution in [0.5, 0.6) is 0 Å². The molecule has 2 heterocycles. The number of carboxylic acid groups (broad SMARTS) is 1. The summed E-state index contributed by atoms with van der Waals surface area (Å²) in [6.07, 6.45) is -4.22. The lowest BCUT2D eigenvalue weighted by atomic mass is 9.92. The second-order valence-electron chi connectivity index (χ2n) is 8.72. The van der Waals surface area contributed by atoms with Crippen molar-refractivity contribution in [2.24, 2.45) is 0 Å². The predicted octanol–water partition coefficient (Wildman–Crippen LogP) is 3.09. The molecule has 2 aromatic rings. The molecule has 0 aliphatic carbocycles. The Hall–Kier alpha value is -3.54. The van der Waals surface area contributed by atoms with Gasteiger partial charge in [-0.3, -0.25) is 14.5 Å². The van der Waals surface area contributed by atoms with Gasteiger partial charge in [0, 0.05) is 25.3 Å². The summed E-state index contributed by atoms with van der Waals surface area (Å²) in [5.74, 6) is -3.65. The molecule has 2 aromatic carbocycles. The highest BCUT2D eigenvalue weighted by molar-refractivity contribution is 5.96. The molecule has 36 heavy (non-hydrogen) atoms. The Bertz CT molecular complexity index is 1140. The molecule has 0 aromatic heterocycles. The van der Waals surface area contributed by atoms with Gasteiger partial charge < -0.3 is 14.9 Å².